The summed E-state index contributed by atoms with van der Waals surface area (Å²) in [5.41, 5.74) is 4.12. The van der Waals surface area contributed by atoms with Gasteiger partial charge in [0.15, 0.2) is 12.4 Å². The molecule has 4 aliphatic rings. The predicted octanol–water partition coefficient (Wildman–Crippen LogP) is 4.24. The number of hydrogen-bond acceptors (Lipinski definition) is 7. The van der Waals surface area contributed by atoms with Crippen molar-refractivity contribution >= 4 is 29.3 Å². The number of Topliss-reactive ketones (excluding diaryl/α,β-unsaturated/α-hetero) is 1. The van der Waals surface area contributed by atoms with E-state index in [1.165, 1.54) is 24.3 Å². The molecule has 202 valence electrons. The number of carbonyl (C=O) groups is 4. The average Bonchev–Trinajstić information content (AvgIpc) is 3.21. The zero-order valence-electron chi connectivity index (χ0n) is 21.9. The molecular formula is C31H26N2O7. The highest BCUT2D eigenvalue weighted by Gasteiger charge is 2.63. The van der Waals surface area contributed by atoms with E-state index in [-0.39, 0.29) is 23.1 Å². The van der Waals surface area contributed by atoms with E-state index in [0.717, 1.165) is 27.2 Å². The Morgan fingerprint density at radius 3 is 1.68 bits per heavy atom. The van der Waals surface area contributed by atoms with E-state index in [1.807, 2.05) is 48.5 Å². The number of nitro benzene ring substituents is 1. The highest BCUT2D eigenvalue weighted by molar-refractivity contribution is 6.10. The smallest absolute Gasteiger partial charge is 0.330 e. The zero-order valence-corrected chi connectivity index (χ0v) is 21.9. The third-order valence-corrected chi connectivity index (χ3v) is 8.38. The largest absolute Gasteiger partial charge is 0.456 e. The first-order valence-electron chi connectivity index (χ1n) is 13.2. The molecule has 3 aliphatic carbocycles. The van der Waals surface area contributed by atoms with Crippen molar-refractivity contribution in [2.24, 2.45) is 17.8 Å². The molecule has 0 unspecified atom stereocenters. The lowest BCUT2D eigenvalue weighted by atomic mass is 9.55. The number of imide groups is 1. The minimum atomic E-state index is -1.19. The third-order valence-electron chi connectivity index (χ3n) is 8.38. The Labute approximate surface area is 229 Å². The van der Waals surface area contributed by atoms with Gasteiger partial charge in [0.2, 0.25) is 11.8 Å². The van der Waals surface area contributed by atoms with Crippen LogP contribution in [0.25, 0.3) is 0 Å². The molecule has 0 saturated carbocycles. The first kappa shape index (κ1) is 25.6. The van der Waals surface area contributed by atoms with Gasteiger partial charge in [0.05, 0.1) is 16.8 Å². The molecule has 7 rings (SSSR count). The Morgan fingerprint density at radius 1 is 0.825 bits per heavy atom. The second-order valence-electron chi connectivity index (χ2n) is 10.8. The van der Waals surface area contributed by atoms with Crippen molar-refractivity contribution in [1.29, 1.82) is 0 Å². The summed E-state index contributed by atoms with van der Waals surface area (Å²) >= 11 is 0. The first-order valence-corrected chi connectivity index (χ1v) is 13.2. The van der Waals surface area contributed by atoms with Crippen molar-refractivity contribution < 1.29 is 28.8 Å². The molecule has 2 amide bonds. The van der Waals surface area contributed by atoms with Crippen LogP contribution in [0.5, 0.6) is 0 Å². The fraction of sp³-hybridized carbons (Fsp3) is 0.290. The van der Waals surface area contributed by atoms with Gasteiger partial charge in [-0.1, -0.05) is 62.4 Å². The topological polar surface area (TPSA) is 124 Å². The summed E-state index contributed by atoms with van der Waals surface area (Å²) in [5, 5.41) is 10.9. The van der Waals surface area contributed by atoms with Crippen LogP contribution < -0.4 is 0 Å². The number of rotatable bonds is 7. The number of ketones is 1. The Bertz CT molecular complexity index is 1460. The summed E-state index contributed by atoms with van der Waals surface area (Å²) in [6.45, 7) is 2.83. The number of likely N-dealkylation sites (tertiary alicyclic amines) is 1. The summed E-state index contributed by atoms with van der Waals surface area (Å²) in [6, 6.07) is 19.6. The number of non-ortho nitro benzene ring substituents is 1. The molecule has 0 spiro atoms. The van der Waals surface area contributed by atoms with Crippen LogP contribution in [0.2, 0.25) is 0 Å². The van der Waals surface area contributed by atoms with Gasteiger partial charge < -0.3 is 4.74 Å². The van der Waals surface area contributed by atoms with E-state index in [1.54, 1.807) is 13.8 Å². The molecule has 2 bridgehead atoms. The van der Waals surface area contributed by atoms with Gasteiger partial charge in [0.25, 0.3) is 5.69 Å². The van der Waals surface area contributed by atoms with Crippen molar-refractivity contribution in [3.63, 3.8) is 0 Å². The van der Waals surface area contributed by atoms with Gasteiger partial charge in [0.1, 0.15) is 6.04 Å². The Balaban J connectivity index is 1.27. The van der Waals surface area contributed by atoms with E-state index >= 15 is 0 Å². The second-order valence-corrected chi connectivity index (χ2v) is 10.8. The van der Waals surface area contributed by atoms with Crippen molar-refractivity contribution in [2.75, 3.05) is 6.61 Å². The maximum absolute atomic E-state index is 14.0. The minimum absolute atomic E-state index is 0.144. The lowest BCUT2D eigenvalue weighted by Crippen LogP contribution is -2.49. The van der Waals surface area contributed by atoms with Gasteiger partial charge in [-0.15, -0.1) is 0 Å². The van der Waals surface area contributed by atoms with Crippen molar-refractivity contribution in [3.8, 4) is 0 Å². The maximum atomic E-state index is 14.0. The van der Waals surface area contributed by atoms with Crippen LogP contribution in [-0.4, -0.2) is 46.0 Å². The average molecular weight is 539 g/mol. The monoisotopic (exact) mass is 538 g/mol. The van der Waals surface area contributed by atoms with Gasteiger partial charge >= 0.3 is 5.97 Å². The van der Waals surface area contributed by atoms with Crippen molar-refractivity contribution in [2.45, 2.75) is 31.7 Å². The van der Waals surface area contributed by atoms with Crippen LogP contribution in [0.1, 0.15) is 58.3 Å². The predicted molar refractivity (Wildman–Crippen MR) is 142 cm³/mol. The fourth-order valence-corrected chi connectivity index (χ4v) is 6.72. The minimum Gasteiger partial charge on any atom is -0.456 e. The van der Waals surface area contributed by atoms with E-state index < -0.39 is 58.9 Å². The number of carbonyl (C=O) groups excluding carboxylic acids is 4. The molecular weight excluding hydrogens is 512 g/mol. The molecule has 1 heterocycles. The normalized spacial score (nSPS) is 22.9. The molecule has 40 heavy (non-hydrogen) atoms. The number of benzene rings is 3. The zero-order chi connectivity index (χ0) is 28.3. The highest BCUT2D eigenvalue weighted by atomic mass is 16.6. The first-order chi connectivity index (χ1) is 19.2. The Hall–Kier alpha value is -4.66. The molecule has 3 aromatic rings. The van der Waals surface area contributed by atoms with Gasteiger partial charge in [0, 0.05) is 29.5 Å². The van der Waals surface area contributed by atoms with Crippen LogP contribution in [-0.2, 0) is 19.1 Å². The van der Waals surface area contributed by atoms with E-state index in [4.69, 9.17) is 4.74 Å². The molecule has 0 aromatic heterocycles. The van der Waals surface area contributed by atoms with E-state index in [9.17, 15) is 29.3 Å². The summed E-state index contributed by atoms with van der Waals surface area (Å²) < 4.78 is 5.35. The van der Waals surface area contributed by atoms with Crippen LogP contribution >= 0.6 is 0 Å². The molecule has 3 atom stereocenters. The third kappa shape index (κ3) is 3.76. The number of hydrogen-bond donors (Lipinski definition) is 0. The number of ether oxygens (including phenoxy) is 1. The van der Waals surface area contributed by atoms with E-state index in [0.29, 0.717) is 0 Å². The SMILES string of the molecule is CC(C)[C@H](C(=O)OCC(=O)c1ccc([N+](=O)[O-])cc1)N1C(=O)[C@H]2C3c4ccccc4C(c4ccccc43)[C@@H]2C1=O. The number of esters is 1. The number of nitro groups is 1. The van der Waals surface area contributed by atoms with E-state index in [2.05, 4.69) is 0 Å². The standard InChI is InChI=1S/C31H26N2O7/c1-16(2)28(31(37)40-15-23(34)17-11-13-18(14-12-17)33(38)39)32-29(35)26-24-19-7-3-4-8-20(19)25(27(26)30(32)36)22-10-6-5-9-21(22)24/h3-14,16,24-28H,15H2,1-2H3/t24?,25?,26-,27-,28+/m0/s1. The summed E-state index contributed by atoms with van der Waals surface area (Å²) in [7, 11) is 0. The molecule has 9 heteroatoms. The highest BCUT2D eigenvalue weighted by Crippen LogP contribution is 2.61. The molecule has 1 saturated heterocycles. The van der Waals surface area contributed by atoms with Crippen molar-refractivity contribution in [3.05, 3.63) is 111 Å². The molecule has 0 N–H and O–H groups in total. The summed E-state index contributed by atoms with van der Waals surface area (Å²) in [5.74, 6) is -4.49. The number of amides is 2. The lowest BCUT2D eigenvalue weighted by molar-refractivity contribution is -0.384. The van der Waals surface area contributed by atoms with Gasteiger partial charge in [-0.25, -0.2) is 4.79 Å². The quantitative estimate of drug-likeness (QED) is 0.145. The van der Waals surface area contributed by atoms with Crippen molar-refractivity contribution in [1.82, 2.24) is 4.90 Å². The van der Waals surface area contributed by atoms with Crippen LogP contribution in [0, 0.1) is 27.9 Å². The Morgan fingerprint density at radius 2 is 1.27 bits per heavy atom. The maximum Gasteiger partial charge on any atom is 0.330 e. The van der Waals surface area contributed by atoms with Crippen LogP contribution in [0.15, 0.2) is 72.8 Å². The molecule has 9 nitrogen and oxygen atoms in total. The molecule has 0 radical (unpaired) electrons. The van der Waals surface area contributed by atoms with Gasteiger partial charge in [-0.3, -0.25) is 29.4 Å². The second kappa shape index (κ2) is 9.51. The molecule has 3 aromatic carbocycles. The van der Waals surface area contributed by atoms with Crippen LogP contribution in [0.3, 0.4) is 0 Å². The molecule has 1 aliphatic heterocycles. The Kier molecular flexibility index (Phi) is 6.09. The number of nitrogens with zero attached hydrogens (tertiary/aromatic N) is 2. The van der Waals surface area contributed by atoms with Crippen LogP contribution in [0.4, 0.5) is 5.69 Å². The summed E-state index contributed by atoms with van der Waals surface area (Å²) in [6.07, 6.45) is 0. The lowest BCUT2D eigenvalue weighted by Gasteiger charge is -2.45. The fourth-order valence-electron chi connectivity index (χ4n) is 6.72. The van der Waals surface area contributed by atoms with Gasteiger partial charge in [-0.2, -0.15) is 0 Å². The van der Waals surface area contributed by atoms with Gasteiger partial charge in [-0.05, 0) is 40.3 Å². The summed E-state index contributed by atoms with van der Waals surface area (Å²) in [4.78, 5) is 65.4. The molecule has 1 fully saturated rings.